The summed E-state index contributed by atoms with van der Waals surface area (Å²) in [6, 6.07) is -0.158. The molecule has 0 radical (unpaired) electrons. The van der Waals surface area contributed by atoms with Gasteiger partial charge in [0.05, 0.1) is 43.9 Å². The number of aliphatic hydroxyl groups is 1. The molecule has 3 atom stereocenters. The Kier molecular flexibility index (Phi) is 6.20. The maximum absolute atomic E-state index is 9.78. The van der Waals surface area contributed by atoms with Crippen LogP contribution in [0.4, 0.5) is 0 Å². The third kappa shape index (κ3) is 5.09. The average molecular weight is 258 g/mol. The average Bonchev–Trinajstić information content (AvgIpc) is 2.75. The lowest BCUT2D eigenvalue weighted by Gasteiger charge is -2.15. The SMILES string of the molecule is COCC(C)OCC(O)Cn1cc(C(C)N)nn1. The number of nitrogens with zero attached hydrogens (tertiary/aromatic N) is 3. The predicted octanol–water partition coefficient (Wildman–Crippen LogP) is -0.290. The summed E-state index contributed by atoms with van der Waals surface area (Å²) in [5, 5.41) is 17.6. The summed E-state index contributed by atoms with van der Waals surface area (Å²) < 4.78 is 11.9. The van der Waals surface area contributed by atoms with Crippen molar-refractivity contribution in [2.24, 2.45) is 5.73 Å². The van der Waals surface area contributed by atoms with Crippen molar-refractivity contribution in [2.45, 2.75) is 38.6 Å². The van der Waals surface area contributed by atoms with E-state index < -0.39 is 6.10 Å². The first kappa shape index (κ1) is 15.0. The molecule has 0 saturated carbocycles. The zero-order chi connectivity index (χ0) is 13.5. The lowest BCUT2D eigenvalue weighted by Crippen LogP contribution is -2.26. The van der Waals surface area contributed by atoms with E-state index in [9.17, 15) is 5.11 Å². The van der Waals surface area contributed by atoms with Crippen molar-refractivity contribution in [3.63, 3.8) is 0 Å². The van der Waals surface area contributed by atoms with E-state index in [-0.39, 0.29) is 18.8 Å². The van der Waals surface area contributed by atoms with Crippen molar-refractivity contribution in [1.82, 2.24) is 15.0 Å². The van der Waals surface area contributed by atoms with Crippen molar-refractivity contribution in [3.05, 3.63) is 11.9 Å². The van der Waals surface area contributed by atoms with E-state index in [0.29, 0.717) is 18.8 Å². The van der Waals surface area contributed by atoms with Gasteiger partial charge < -0.3 is 20.3 Å². The molecule has 3 unspecified atom stereocenters. The fourth-order valence-electron chi connectivity index (χ4n) is 1.44. The van der Waals surface area contributed by atoms with Crippen LogP contribution in [-0.4, -0.2) is 52.6 Å². The molecule has 0 aliphatic rings. The van der Waals surface area contributed by atoms with Crippen molar-refractivity contribution in [3.8, 4) is 0 Å². The van der Waals surface area contributed by atoms with Gasteiger partial charge in [-0.3, -0.25) is 0 Å². The van der Waals surface area contributed by atoms with Gasteiger partial charge in [0.1, 0.15) is 0 Å². The summed E-state index contributed by atoms with van der Waals surface area (Å²) in [6.45, 7) is 4.79. The molecule has 1 aromatic heterocycles. The molecule has 0 bridgehead atoms. The molecule has 0 fully saturated rings. The van der Waals surface area contributed by atoms with Crippen molar-refractivity contribution >= 4 is 0 Å². The minimum Gasteiger partial charge on any atom is -0.389 e. The molecule has 0 amide bonds. The molecule has 7 heteroatoms. The Labute approximate surface area is 107 Å². The summed E-state index contributed by atoms with van der Waals surface area (Å²) in [4.78, 5) is 0. The fraction of sp³-hybridized carbons (Fsp3) is 0.818. The number of ether oxygens (including phenoxy) is 2. The highest BCUT2D eigenvalue weighted by atomic mass is 16.5. The molecule has 1 rings (SSSR count). The fourth-order valence-corrected chi connectivity index (χ4v) is 1.44. The molecule has 0 aliphatic heterocycles. The maximum Gasteiger partial charge on any atom is 0.0991 e. The Morgan fingerprint density at radius 1 is 1.44 bits per heavy atom. The number of hydrogen-bond donors (Lipinski definition) is 2. The van der Waals surface area contributed by atoms with Crippen LogP contribution in [0.15, 0.2) is 6.20 Å². The molecule has 7 nitrogen and oxygen atoms in total. The molecule has 104 valence electrons. The molecule has 0 saturated heterocycles. The van der Waals surface area contributed by atoms with E-state index in [4.69, 9.17) is 15.2 Å². The largest absolute Gasteiger partial charge is 0.389 e. The lowest BCUT2D eigenvalue weighted by atomic mass is 10.3. The van der Waals surface area contributed by atoms with Gasteiger partial charge in [-0.15, -0.1) is 5.10 Å². The van der Waals surface area contributed by atoms with Crippen LogP contribution in [0.3, 0.4) is 0 Å². The van der Waals surface area contributed by atoms with E-state index in [1.807, 2.05) is 13.8 Å². The van der Waals surface area contributed by atoms with Crippen LogP contribution in [0.2, 0.25) is 0 Å². The topological polar surface area (TPSA) is 95.4 Å². The van der Waals surface area contributed by atoms with Gasteiger partial charge in [0.2, 0.25) is 0 Å². The van der Waals surface area contributed by atoms with Gasteiger partial charge in [0.15, 0.2) is 0 Å². The van der Waals surface area contributed by atoms with Gasteiger partial charge in [0.25, 0.3) is 0 Å². The molecule has 0 aromatic carbocycles. The van der Waals surface area contributed by atoms with Crippen LogP contribution < -0.4 is 5.73 Å². The first-order chi connectivity index (χ1) is 8.52. The molecule has 1 heterocycles. The highest BCUT2D eigenvalue weighted by Crippen LogP contribution is 2.04. The number of methoxy groups -OCH3 is 1. The van der Waals surface area contributed by atoms with Crippen molar-refractivity contribution in [1.29, 1.82) is 0 Å². The third-order valence-corrected chi connectivity index (χ3v) is 2.40. The summed E-state index contributed by atoms with van der Waals surface area (Å²) in [6.07, 6.45) is 1.05. The van der Waals surface area contributed by atoms with Crippen molar-refractivity contribution < 1.29 is 14.6 Å². The Morgan fingerprint density at radius 3 is 2.72 bits per heavy atom. The Balaban J connectivity index is 2.32. The number of aliphatic hydroxyl groups excluding tert-OH is 1. The second-order valence-corrected chi connectivity index (χ2v) is 4.41. The summed E-state index contributed by atoms with van der Waals surface area (Å²) in [7, 11) is 1.61. The number of aromatic nitrogens is 3. The highest BCUT2D eigenvalue weighted by molar-refractivity contribution is 4.97. The Hall–Kier alpha value is -1.02. The molecule has 3 N–H and O–H groups in total. The molecule has 0 aliphatic carbocycles. The second-order valence-electron chi connectivity index (χ2n) is 4.41. The monoisotopic (exact) mass is 258 g/mol. The molecule has 0 spiro atoms. The maximum atomic E-state index is 9.78. The van der Waals surface area contributed by atoms with Gasteiger partial charge in [-0.05, 0) is 13.8 Å². The van der Waals surface area contributed by atoms with Crippen LogP contribution >= 0.6 is 0 Å². The minimum absolute atomic E-state index is 0.0416. The van der Waals surface area contributed by atoms with Crippen LogP contribution in [0.25, 0.3) is 0 Å². The minimum atomic E-state index is -0.632. The van der Waals surface area contributed by atoms with E-state index in [1.165, 1.54) is 0 Å². The van der Waals surface area contributed by atoms with Crippen LogP contribution in [0, 0.1) is 0 Å². The normalized spacial score (nSPS) is 16.5. The molecular weight excluding hydrogens is 236 g/mol. The van der Waals surface area contributed by atoms with E-state index >= 15 is 0 Å². The lowest BCUT2D eigenvalue weighted by molar-refractivity contribution is -0.0365. The first-order valence-corrected chi connectivity index (χ1v) is 5.97. The zero-order valence-electron chi connectivity index (χ0n) is 11.1. The van der Waals surface area contributed by atoms with Gasteiger partial charge in [-0.2, -0.15) is 0 Å². The number of rotatable bonds is 8. The second kappa shape index (κ2) is 7.42. The van der Waals surface area contributed by atoms with E-state index in [1.54, 1.807) is 18.0 Å². The van der Waals surface area contributed by atoms with Gasteiger partial charge in [-0.1, -0.05) is 5.21 Å². The summed E-state index contributed by atoms with van der Waals surface area (Å²) >= 11 is 0. The van der Waals surface area contributed by atoms with Gasteiger partial charge in [-0.25, -0.2) is 4.68 Å². The first-order valence-electron chi connectivity index (χ1n) is 5.97. The smallest absolute Gasteiger partial charge is 0.0991 e. The molecular formula is C11H22N4O3. The standard InChI is InChI=1S/C11H22N4O3/c1-8(6-17-3)18-7-10(16)4-15-5-11(9(2)12)13-14-15/h5,8-10,16H,4,6-7,12H2,1-3H3. The predicted molar refractivity (Wildman–Crippen MR) is 65.9 cm³/mol. The Morgan fingerprint density at radius 2 is 2.17 bits per heavy atom. The third-order valence-electron chi connectivity index (χ3n) is 2.40. The van der Waals surface area contributed by atoms with Gasteiger partial charge >= 0.3 is 0 Å². The van der Waals surface area contributed by atoms with E-state index in [0.717, 1.165) is 0 Å². The molecule has 1 aromatic rings. The molecule has 18 heavy (non-hydrogen) atoms. The van der Waals surface area contributed by atoms with Crippen LogP contribution in [0.1, 0.15) is 25.6 Å². The zero-order valence-corrected chi connectivity index (χ0v) is 11.1. The summed E-state index contributed by atoms with van der Waals surface area (Å²) in [5.41, 5.74) is 6.38. The van der Waals surface area contributed by atoms with Crippen LogP contribution in [-0.2, 0) is 16.0 Å². The van der Waals surface area contributed by atoms with Crippen LogP contribution in [0.5, 0.6) is 0 Å². The summed E-state index contributed by atoms with van der Waals surface area (Å²) in [5.74, 6) is 0. The quantitative estimate of drug-likeness (QED) is 0.665. The highest BCUT2D eigenvalue weighted by Gasteiger charge is 2.11. The van der Waals surface area contributed by atoms with Crippen molar-refractivity contribution in [2.75, 3.05) is 20.3 Å². The van der Waals surface area contributed by atoms with E-state index in [2.05, 4.69) is 10.3 Å². The Bertz CT molecular complexity index is 343. The van der Waals surface area contributed by atoms with Gasteiger partial charge in [0, 0.05) is 13.2 Å². The number of nitrogens with two attached hydrogens (primary N) is 1. The number of hydrogen-bond acceptors (Lipinski definition) is 6.